The summed E-state index contributed by atoms with van der Waals surface area (Å²) in [5.74, 6) is 1.25. The molecule has 0 aromatic heterocycles. The van der Waals surface area contributed by atoms with Crippen LogP contribution in [0.1, 0.15) is 1.43 Å². The zero-order chi connectivity index (χ0) is 3.41. The Bertz CT molecular complexity index is 61.1. The van der Waals surface area contributed by atoms with E-state index in [1.54, 1.807) is 0 Å². The van der Waals surface area contributed by atoms with E-state index in [-0.39, 0.29) is 38.1 Å². The van der Waals surface area contributed by atoms with Crippen LogP contribution in [0.3, 0.4) is 0 Å². The van der Waals surface area contributed by atoms with Gasteiger partial charge in [0.2, 0.25) is 0 Å². The van der Waals surface area contributed by atoms with Gasteiger partial charge in [-0.3, -0.25) is 0 Å². The van der Waals surface area contributed by atoms with Gasteiger partial charge in [0.15, 0.2) is 0 Å². The fourth-order valence-corrected chi connectivity index (χ4v) is 0. The van der Waals surface area contributed by atoms with Crippen molar-refractivity contribution in [1.29, 1.82) is 5.26 Å². The van der Waals surface area contributed by atoms with Crippen LogP contribution >= 0.6 is 0 Å². The minimum atomic E-state index is 0. The summed E-state index contributed by atoms with van der Waals surface area (Å²) in [6.45, 7) is 0. The monoisotopic (exact) mass is 77.0 g/mol. The number of nitrogens with zero attached hydrogens (tertiary/aromatic N) is 1. The standard InChI is InChI=1S/CBNO.Na.H/c3-1-2-4;;/q;+1;-1. The molecule has 0 saturated carbocycles. The van der Waals surface area contributed by atoms with E-state index in [1.807, 2.05) is 0 Å². The van der Waals surface area contributed by atoms with Gasteiger partial charge in [0, 0.05) is 0 Å². The van der Waals surface area contributed by atoms with Gasteiger partial charge < -0.3 is 1.43 Å². The fraction of sp³-hybridized carbons (Fsp3) is 0. The van der Waals surface area contributed by atoms with Crippen LogP contribution in [0.2, 0.25) is 0 Å². The van der Waals surface area contributed by atoms with Gasteiger partial charge in [-0.05, 0) is 0 Å². The second kappa shape index (κ2) is 8.84. The Hall–Kier alpha value is 0.355. The Kier molecular flexibility index (Phi) is 16.0. The van der Waals surface area contributed by atoms with Crippen molar-refractivity contribution in [3.05, 3.63) is 0 Å². The molecule has 0 spiro atoms. The summed E-state index contributed by atoms with van der Waals surface area (Å²) < 4.78 is 8.81. The van der Waals surface area contributed by atoms with Crippen LogP contribution < -0.4 is 29.6 Å². The molecule has 0 aromatic carbocycles. The van der Waals surface area contributed by atoms with Crippen LogP contribution in [0.5, 0.6) is 0 Å². The molecule has 0 saturated heterocycles. The van der Waals surface area contributed by atoms with Gasteiger partial charge in [-0.2, -0.15) is 0 Å². The summed E-state index contributed by atoms with van der Waals surface area (Å²) in [4.78, 5) is 0. The first kappa shape index (κ1) is 9.02. The Morgan fingerprint density at radius 1 is 2.00 bits per heavy atom. The van der Waals surface area contributed by atoms with Crippen LogP contribution in [-0.4, -0.2) is 7.15 Å². The van der Waals surface area contributed by atoms with E-state index < -0.39 is 0 Å². The second-order valence-electron chi connectivity index (χ2n) is 0.247. The average molecular weight is 76.8 g/mol. The zero-order valence-corrected chi connectivity index (χ0v) is 4.93. The van der Waals surface area contributed by atoms with Crippen molar-refractivity contribution in [3.63, 3.8) is 0 Å². The molecule has 0 unspecified atom stereocenters. The number of hydrogen-bond acceptors (Lipinski definition) is 2. The second-order valence-corrected chi connectivity index (χ2v) is 0.247. The maximum Gasteiger partial charge on any atom is 1.00 e. The first-order valence-electron chi connectivity index (χ1n) is 0.748. The van der Waals surface area contributed by atoms with E-state index in [9.17, 15) is 0 Å². The van der Waals surface area contributed by atoms with Gasteiger partial charge in [0.05, 0.1) is 0 Å². The van der Waals surface area contributed by atoms with Crippen molar-refractivity contribution < 1.29 is 35.7 Å². The molecule has 0 rings (SSSR count). The van der Waals surface area contributed by atoms with E-state index in [2.05, 4.69) is 0 Å². The molecular weight excluding hydrogens is 75.8 g/mol. The van der Waals surface area contributed by atoms with Crippen molar-refractivity contribution in [3.8, 4) is 5.97 Å². The molecule has 5 heavy (non-hydrogen) atoms. The summed E-state index contributed by atoms with van der Waals surface area (Å²) >= 11 is 0. The summed E-state index contributed by atoms with van der Waals surface area (Å²) in [6, 6.07) is 0. The molecule has 0 aliphatic carbocycles. The maximum atomic E-state index is 8.81. The quantitative estimate of drug-likeness (QED) is 0.283. The predicted octanol–water partition coefficient (Wildman–Crippen LogP) is -3.37. The van der Waals surface area contributed by atoms with Gasteiger partial charge in [-0.1, -0.05) is 0 Å². The molecule has 2 nitrogen and oxygen atoms in total. The Labute approximate surface area is 54.2 Å². The Morgan fingerprint density at radius 3 is 2.20 bits per heavy atom. The van der Waals surface area contributed by atoms with Crippen molar-refractivity contribution in [2.75, 3.05) is 0 Å². The van der Waals surface area contributed by atoms with E-state index in [0.717, 1.165) is 0 Å². The van der Waals surface area contributed by atoms with E-state index >= 15 is 0 Å². The Morgan fingerprint density at radius 2 is 2.20 bits per heavy atom. The van der Waals surface area contributed by atoms with Crippen LogP contribution in [-0.2, 0) is 4.70 Å². The molecule has 4 heteroatoms. The first-order valence-corrected chi connectivity index (χ1v) is 0.748. The molecule has 0 atom stereocenters. The SMILES string of the molecule is N#CB=O.[H-].[Na+]. The van der Waals surface area contributed by atoms with Crippen molar-refractivity contribution >= 4 is 7.15 Å². The van der Waals surface area contributed by atoms with Gasteiger partial charge in [-0.25, -0.2) is 0 Å². The maximum absolute atomic E-state index is 8.81. The number of rotatable bonds is 0. The minimum absolute atomic E-state index is 0. The summed E-state index contributed by atoms with van der Waals surface area (Å²) in [7, 11) is 0.181. The summed E-state index contributed by atoms with van der Waals surface area (Å²) in [5, 5.41) is 7.26. The third-order valence-corrected chi connectivity index (χ3v) is 0.0527. The molecule has 0 fully saturated rings. The molecule has 0 radical (unpaired) electrons. The Balaban J connectivity index is -0.0000000450. The molecule has 0 aliphatic heterocycles. The smallest absolute Gasteiger partial charge is 1.00 e. The van der Waals surface area contributed by atoms with Crippen molar-refractivity contribution in [2.24, 2.45) is 0 Å². The van der Waals surface area contributed by atoms with Crippen molar-refractivity contribution in [1.82, 2.24) is 0 Å². The summed E-state index contributed by atoms with van der Waals surface area (Å²) in [5.41, 5.74) is 0. The van der Waals surface area contributed by atoms with Crippen LogP contribution in [0.4, 0.5) is 0 Å². The molecule has 0 N–H and O–H groups in total. The number of nitriles is 1. The van der Waals surface area contributed by atoms with Crippen LogP contribution in [0, 0.1) is 11.2 Å². The van der Waals surface area contributed by atoms with Gasteiger partial charge in [0.1, 0.15) is 0 Å². The zero-order valence-electron chi connectivity index (χ0n) is 3.93. The topological polar surface area (TPSA) is 40.9 Å². The molecule has 0 amide bonds. The minimum Gasteiger partial charge on any atom is -1.00 e. The molecule has 0 aromatic rings. The van der Waals surface area contributed by atoms with Gasteiger partial charge in [0.25, 0.3) is 0 Å². The molecule has 0 aliphatic rings. The molecule has 0 bridgehead atoms. The van der Waals surface area contributed by atoms with Crippen LogP contribution in [0.25, 0.3) is 0 Å². The van der Waals surface area contributed by atoms with Gasteiger partial charge in [-0.15, -0.1) is 0 Å². The normalized spacial score (nSPS) is 2.20. The molecular formula is CHBNNaO. The van der Waals surface area contributed by atoms with E-state index in [0.29, 0.717) is 0 Å². The summed E-state index contributed by atoms with van der Waals surface area (Å²) in [6.07, 6.45) is 0. The average Bonchev–Trinajstić information content (AvgIpc) is 1.37. The van der Waals surface area contributed by atoms with Crippen molar-refractivity contribution in [2.45, 2.75) is 0 Å². The first-order chi connectivity index (χ1) is 1.91. The van der Waals surface area contributed by atoms with E-state index in [1.165, 1.54) is 5.97 Å². The molecule has 20 valence electrons. The fourth-order valence-electron chi connectivity index (χ4n) is 0. The molecule has 0 heterocycles. The van der Waals surface area contributed by atoms with E-state index in [4.69, 9.17) is 9.97 Å². The van der Waals surface area contributed by atoms with Gasteiger partial charge >= 0.3 is 52.6 Å². The predicted molar refractivity (Wildman–Crippen MR) is 13.2 cm³/mol. The third-order valence-electron chi connectivity index (χ3n) is 0.0527. The van der Waals surface area contributed by atoms with Crippen LogP contribution in [0.15, 0.2) is 0 Å². The largest absolute Gasteiger partial charge is 1.00 e. The number of hydrogen-bond donors (Lipinski definition) is 0. The third kappa shape index (κ3) is 13.2.